The molecule has 0 aromatic carbocycles. The predicted molar refractivity (Wildman–Crippen MR) is 120 cm³/mol. The minimum atomic E-state index is -0.441. The Morgan fingerprint density at radius 1 is 1.19 bits per heavy atom. The molecule has 1 N–H and O–H groups in total. The van der Waals surface area contributed by atoms with E-state index in [4.69, 9.17) is 9.26 Å². The Balaban J connectivity index is 1.15. The van der Waals surface area contributed by atoms with E-state index in [9.17, 15) is 4.79 Å². The summed E-state index contributed by atoms with van der Waals surface area (Å²) < 4.78 is 10.8. The maximum absolute atomic E-state index is 12.0. The Labute approximate surface area is 184 Å². The fraction of sp³-hybridized carbons (Fsp3) is 0.696. The lowest BCUT2D eigenvalue weighted by molar-refractivity contribution is 0.0486. The molecule has 0 spiro atoms. The molecule has 8 heteroatoms. The highest BCUT2D eigenvalue weighted by molar-refractivity contribution is 5.87. The number of hydrogen-bond donors (Lipinski definition) is 1. The van der Waals surface area contributed by atoms with Crippen LogP contribution in [0.25, 0.3) is 11.0 Å². The van der Waals surface area contributed by atoms with Crippen LogP contribution in [0.1, 0.15) is 52.9 Å². The molecular weight excluding hydrogens is 394 g/mol. The number of carbonyl (C=O) groups excluding carboxylic acids is 1. The monoisotopic (exact) mass is 429 g/mol. The van der Waals surface area contributed by atoms with Crippen molar-refractivity contribution in [3.8, 4) is 0 Å². The van der Waals surface area contributed by atoms with Crippen LogP contribution in [0.4, 0.5) is 10.6 Å². The molecule has 1 saturated heterocycles. The van der Waals surface area contributed by atoms with Gasteiger partial charge in [-0.3, -0.25) is 9.88 Å². The maximum Gasteiger partial charge on any atom is 0.407 e. The lowest BCUT2D eigenvalue weighted by atomic mass is 9.84. The second-order valence-corrected chi connectivity index (χ2v) is 9.86. The van der Waals surface area contributed by atoms with Crippen molar-refractivity contribution in [1.82, 2.24) is 20.4 Å². The van der Waals surface area contributed by atoms with E-state index in [1.54, 1.807) is 6.20 Å². The molecule has 2 aromatic heterocycles. The van der Waals surface area contributed by atoms with Gasteiger partial charge in [0, 0.05) is 50.7 Å². The largest absolute Gasteiger partial charge is 0.444 e. The molecule has 2 fully saturated rings. The van der Waals surface area contributed by atoms with Gasteiger partial charge in [0.15, 0.2) is 11.4 Å². The number of ether oxygens (including phenoxy) is 1. The molecule has 3 heterocycles. The van der Waals surface area contributed by atoms with Gasteiger partial charge >= 0.3 is 6.09 Å². The number of nitrogens with zero attached hydrogens (tertiary/aromatic N) is 4. The van der Waals surface area contributed by atoms with Crippen LogP contribution in [-0.2, 0) is 4.74 Å². The summed E-state index contributed by atoms with van der Waals surface area (Å²) >= 11 is 0. The Morgan fingerprint density at radius 3 is 2.65 bits per heavy atom. The first-order chi connectivity index (χ1) is 14.9. The normalized spacial score (nSPS) is 23.1. The van der Waals surface area contributed by atoms with E-state index in [-0.39, 0.29) is 12.1 Å². The van der Waals surface area contributed by atoms with E-state index in [2.05, 4.69) is 25.3 Å². The van der Waals surface area contributed by atoms with E-state index < -0.39 is 5.60 Å². The number of rotatable bonds is 5. The molecule has 31 heavy (non-hydrogen) atoms. The highest BCUT2D eigenvalue weighted by atomic mass is 16.6. The molecule has 1 amide bonds. The summed E-state index contributed by atoms with van der Waals surface area (Å²) in [5, 5.41) is 8.29. The van der Waals surface area contributed by atoms with Crippen LogP contribution in [-0.4, -0.2) is 65.5 Å². The number of carbonyl (C=O) groups is 1. The van der Waals surface area contributed by atoms with Crippen molar-refractivity contribution in [3.63, 3.8) is 0 Å². The second kappa shape index (κ2) is 9.42. The van der Waals surface area contributed by atoms with E-state index in [0.717, 1.165) is 68.3 Å². The quantitative estimate of drug-likeness (QED) is 0.773. The maximum atomic E-state index is 12.0. The molecular formula is C23H35N5O3. The van der Waals surface area contributed by atoms with Gasteiger partial charge in [-0.25, -0.2) is 4.79 Å². The molecule has 170 valence electrons. The number of amides is 1. The Morgan fingerprint density at radius 2 is 1.94 bits per heavy atom. The van der Waals surface area contributed by atoms with Crippen molar-refractivity contribution in [2.24, 2.45) is 5.92 Å². The molecule has 1 aliphatic carbocycles. The molecule has 4 rings (SSSR count). The number of nitrogens with one attached hydrogen (secondary N) is 1. The van der Waals surface area contributed by atoms with Crippen LogP contribution < -0.4 is 10.2 Å². The summed E-state index contributed by atoms with van der Waals surface area (Å²) in [5.74, 6) is 1.67. The number of aromatic nitrogens is 2. The van der Waals surface area contributed by atoms with Gasteiger partial charge in [-0.2, -0.15) is 0 Å². The Kier molecular flexibility index (Phi) is 6.65. The first kappa shape index (κ1) is 21.9. The van der Waals surface area contributed by atoms with Crippen LogP contribution in [0.2, 0.25) is 0 Å². The molecule has 0 atom stereocenters. The summed E-state index contributed by atoms with van der Waals surface area (Å²) in [7, 11) is 0. The molecule has 0 bridgehead atoms. The highest BCUT2D eigenvalue weighted by Crippen LogP contribution is 2.28. The van der Waals surface area contributed by atoms with Crippen molar-refractivity contribution in [2.45, 2.75) is 64.5 Å². The summed E-state index contributed by atoms with van der Waals surface area (Å²) in [6.07, 6.45) is 8.96. The second-order valence-electron chi connectivity index (χ2n) is 9.86. The van der Waals surface area contributed by atoms with E-state index in [0.29, 0.717) is 0 Å². The summed E-state index contributed by atoms with van der Waals surface area (Å²) in [6.45, 7) is 10.8. The Bertz CT molecular complexity index is 861. The van der Waals surface area contributed by atoms with Crippen LogP contribution in [0, 0.1) is 5.92 Å². The molecule has 2 aromatic rings. The third-order valence-corrected chi connectivity index (χ3v) is 6.35. The van der Waals surface area contributed by atoms with Crippen LogP contribution in [0.15, 0.2) is 23.0 Å². The summed E-state index contributed by atoms with van der Waals surface area (Å²) in [4.78, 5) is 21.0. The van der Waals surface area contributed by atoms with Gasteiger partial charge in [-0.15, -0.1) is 0 Å². The SMILES string of the molecule is CC(C)(C)OC(=O)NC1CCC(CCN2CCN(c3noc4ccncc34)CC2)CC1. The Hall–Kier alpha value is -2.35. The van der Waals surface area contributed by atoms with Gasteiger partial charge in [-0.1, -0.05) is 5.16 Å². The zero-order valence-electron chi connectivity index (χ0n) is 19.0. The summed E-state index contributed by atoms with van der Waals surface area (Å²) in [6, 6.07) is 2.11. The van der Waals surface area contributed by atoms with Gasteiger partial charge in [0.25, 0.3) is 0 Å². The third kappa shape index (κ3) is 5.87. The molecule has 0 radical (unpaired) electrons. The van der Waals surface area contributed by atoms with Crippen molar-refractivity contribution in [1.29, 1.82) is 0 Å². The lowest BCUT2D eigenvalue weighted by Crippen LogP contribution is -2.47. The van der Waals surface area contributed by atoms with Crippen molar-refractivity contribution < 1.29 is 14.1 Å². The van der Waals surface area contributed by atoms with E-state index in [1.807, 2.05) is 33.0 Å². The fourth-order valence-corrected chi connectivity index (χ4v) is 4.62. The molecule has 1 saturated carbocycles. The molecule has 0 unspecified atom stereocenters. The van der Waals surface area contributed by atoms with Gasteiger partial charge in [-0.05, 0) is 65.3 Å². The number of alkyl carbamates (subject to hydrolysis) is 1. The number of anilines is 1. The zero-order chi connectivity index (χ0) is 21.8. The van der Waals surface area contributed by atoms with E-state index in [1.165, 1.54) is 19.3 Å². The van der Waals surface area contributed by atoms with Crippen LogP contribution >= 0.6 is 0 Å². The fourth-order valence-electron chi connectivity index (χ4n) is 4.62. The van der Waals surface area contributed by atoms with Gasteiger partial charge < -0.3 is 19.5 Å². The first-order valence-corrected chi connectivity index (χ1v) is 11.5. The number of hydrogen-bond acceptors (Lipinski definition) is 7. The topological polar surface area (TPSA) is 83.7 Å². The van der Waals surface area contributed by atoms with Gasteiger partial charge in [0.2, 0.25) is 0 Å². The number of piperazine rings is 1. The standard InChI is InChI=1S/C23H35N5O3/c1-23(2,3)30-22(29)25-18-6-4-17(5-7-18)9-11-27-12-14-28(15-13-27)21-19-16-24-10-8-20(19)31-26-21/h8,10,16-18H,4-7,9,11-15H2,1-3H3,(H,25,29). The molecule has 2 aliphatic rings. The number of fused-ring (bicyclic) bond motifs is 1. The van der Waals surface area contributed by atoms with Crippen LogP contribution in [0.5, 0.6) is 0 Å². The van der Waals surface area contributed by atoms with Gasteiger partial charge in [0.1, 0.15) is 5.60 Å². The average molecular weight is 430 g/mol. The van der Waals surface area contributed by atoms with Gasteiger partial charge in [0.05, 0.1) is 5.39 Å². The van der Waals surface area contributed by atoms with E-state index >= 15 is 0 Å². The van der Waals surface area contributed by atoms with Crippen LogP contribution in [0.3, 0.4) is 0 Å². The smallest absolute Gasteiger partial charge is 0.407 e. The molecule has 1 aliphatic heterocycles. The minimum Gasteiger partial charge on any atom is -0.444 e. The predicted octanol–water partition coefficient (Wildman–Crippen LogP) is 3.82. The average Bonchev–Trinajstić information content (AvgIpc) is 3.16. The van der Waals surface area contributed by atoms with Crippen molar-refractivity contribution in [3.05, 3.63) is 18.5 Å². The highest BCUT2D eigenvalue weighted by Gasteiger charge is 2.26. The summed E-state index contributed by atoms with van der Waals surface area (Å²) in [5.41, 5.74) is 0.354. The molecule has 8 nitrogen and oxygen atoms in total. The first-order valence-electron chi connectivity index (χ1n) is 11.5. The third-order valence-electron chi connectivity index (χ3n) is 6.35. The minimum absolute atomic E-state index is 0.251. The lowest BCUT2D eigenvalue weighted by Gasteiger charge is -2.36. The van der Waals surface area contributed by atoms with Crippen molar-refractivity contribution >= 4 is 22.9 Å². The number of pyridine rings is 1. The van der Waals surface area contributed by atoms with Crippen molar-refractivity contribution in [2.75, 3.05) is 37.6 Å². The zero-order valence-corrected chi connectivity index (χ0v) is 19.0.